The molecule has 1 heterocycles. The van der Waals surface area contributed by atoms with Gasteiger partial charge in [0.05, 0.1) is 22.7 Å². The van der Waals surface area contributed by atoms with Crippen LogP contribution in [0.2, 0.25) is 5.02 Å². The van der Waals surface area contributed by atoms with Crippen molar-refractivity contribution >= 4 is 23.6 Å². The van der Waals surface area contributed by atoms with Gasteiger partial charge in [-0.05, 0) is 53.6 Å². The smallest absolute Gasteiger partial charge is 0.461 e. The molecule has 2 bridgehead atoms. The molecule has 0 radical (unpaired) electrons. The molecule has 2 aliphatic carbocycles. The highest BCUT2D eigenvalue weighted by Gasteiger charge is 2.50. The summed E-state index contributed by atoms with van der Waals surface area (Å²) in [5.41, 5.74) is -0.403. The van der Waals surface area contributed by atoms with E-state index in [4.69, 9.17) is 11.6 Å². The van der Waals surface area contributed by atoms with Crippen molar-refractivity contribution in [2.75, 3.05) is 0 Å². The predicted octanol–water partition coefficient (Wildman–Crippen LogP) is 6.03. The van der Waals surface area contributed by atoms with Gasteiger partial charge in [-0.15, -0.1) is 0 Å². The summed E-state index contributed by atoms with van der Waals surface area (Å²) in [6, 6.07) is 15.7. The maximum absolute atomic E-state index is 13.9. The fourth-order valence-corrected chi connectivity index (χ4v) is 5.93. The van der Waals surface area contributed by atoms with Crippen molar-refractivity contribution in [2.45, 2.75) is 37.0 Å². The summed E-state index contributed by atoms with van der Waals surface area (Å²) < 4.78 is 57.9. The number of hydrogen-bond acceptors (Lipinski definition) is 4. The van der Waals surface area contributed by atoms with Gasteiger partial charge in [0.2, 0.25) is 0 Å². The Hall–Kier alpha value is -4.12. The lowest BCUT2D eigenvalue weighted by Gasteiger charge is -2.37. The molecule has 3 aromatic rings. The molecule has 5 rings (SSSR count). The van der Waals surface area contributed by atoms with Gasteiger partial charge in [-0.2, -0.15) is 17.6 Å². The maximum Gasteiger partial charge on any atom is 0.461 e. The van der Waals surface area contributed by atoms with E-state index in [2.05, 4.69) is 20.4 Å². The van der Waals surface area contributed by atoms with E-state index in [1.54, 1.807) is 36.4 Å². The van der Waals surface area contributed by atoms with Crippen molar-refractivity contribution in [3.63, 3.8) is 0 Å². The molecule has 0 saturated heterocycles. The molecule has 1 fully saturated rings. The van der Waals surface area contributed by atoms with Crippen molar-refractivity contribution in [1.29, 1.82) is 0 Å². The zero-order valence-electron chi connectivity index (χ0n) is 21.9. The number of aromatic nitrogens is 1. The molecule has 0 aliphatic heterocycles. The minimum Gasteiger partial charge on any atom is -0.481 e. The number of amides is 2. The van der Waals surface area contributed by atoms with Crippen molar-refractivity contribution in [3.05, 3.63) is 107 Å². The van der Waals surface area contributed by atoms with Gasteiger partial charge >= 0.3 is 24.5 Å². The van der Waals surface area contributed by atoms with Crippen LogP contribution < -0.4 is 15.4 Å². The largest absolute Gasteiger partial charge is 0.481 e. The number of carbonyl (C=O) groups is 2. The van der Waals surface area contributed by atoms with Crippen molar-refractivity contribution in [3.8, 4) is 5.75 Å². The van der Waals surface area contributed by atoms with Gasteiger partial charge in [0, 0.05) is 12.6 Å². The molecule has 7 nitrogen and oxygen atoms in total. The molecule has 5 atom stereocenters. The number of urea groups is 1. The molecular formula is C30H26ClF4N3O4. The monoisotopic (exact) mass is 603 g/mol. The third-order valence-corrected chi connectivity index (χ3v) is 7.90. The average Bonchev–Trinajstić information content (AvgIpc) is 3.55. The second kappa shape index (κ2) is 11.6. The zero-order chi connectivity index (χ0) is 30.1. The van der Waals surface area contributed by atoms with Crippen LogP contribution in [0.15, 0.2) is 85.1 Å². The van der Waals surface area contributed by atoms with Gasteiger partial charge in [-0.1, -0.05) is 66.2 Å². The summed E-state index contributed by atoms with van der Waals surface area (Å²) in [5.74, 6) is -2.80. The van der Waals surface area contributed by atoms with Gasteiger partial charge in [0.1, 0.15) is 11.3 Å². The fourth-order valence-electron chi connectivity index (χ4n) is 5.81. The number of allylic oxidation sites excluding steroid dienone is 1. The number of rotatable bonds is 10. The number of halogens is 5. The number of fused-ring (bicyclic) bond motifs is 2. The van der Waals surface area contributed by atoms with Crippen LogP contribution in [0.5, 0.6) is 5.75 Å². The quantitative estimate of drug-likeness (QED) is 0.194. The molecule has 3 N–H and O–H groups in total. The van der Waals surface area contributed by atoms with Crippen molar-refractivity contribution in [2.24, 2.45) is 17.8 Å². The maximum atomic E-state index is 13.9. The van der Waals surface area contributed by atoms with E-state index in [0.29, 0.717) is 17.0 Å². The molecule has 42 heavy (non-hydrogen) atoms. The summed E-state index contributed by atoms with van der Waals surface area (Å²) in [5, 5.41) is 15.9. The Bertz CT molecular complexity index is 1470. The first-order valence-electron chi connectivity index (χ1n) is 13.1. The first-order chi connectivity index (χ1) is 20.0. The Morgan fingerprint density at radius 3 is 2.45 bits per heavy atom. The lowest BCUT2D eigenvalue weighted by molar-refractivity contribution is -0.253. The lowest BCUT2D eigenvalue weighted by Crippen LogP contribution is -2.56. The number of aliphatic carboxylic acids is 1. The normalized spacial score (nSPS) is 22.5. The molecular weight excluding hydrogens is 578 g/mol. The number of alkyl halides is 4. The summed E-state index contributed by atoms with van der Waals surface area (Å²) in [7, 11) is 0. The van der Waals surface area contributed by atoms with Crippen LogP contribution in [-0.4, -0.2) is 40.7 Å². The van der Waals surface area contributed by atoms with Gasteiger partial charge < -0.3 is 20.5 Å². The Morgan fingerprint density at radius 1 is 1.05 bits per heavy atom. The van der Waals surface area contributed by atoms with E-state index < -0.39 is 47.8 Å². The lowest BCUT2D eigenvalue weighted by atomic mass is 9.80. The van der Waals surface area contributed by atoms with E-state index in [1.807, 2.05) is 12.2 Å². The van der Waals surface area contributed by atoms with Crippen LogP contribution in [0, 0.1) is 17.8 Å². The first kappa shape index (κ1) is 29.4. The van der Waals surface area contributed by atoms with Crippen LogP contribution in [0.4, 0.5) is 22.4 Å². The number of nitrogens with one attached hydrogen (secondary N) is 2. The fraction of sp³-hybridized carbons (Fsp3) is 0.300. The van der Waals surface area contributed by atoms with Crippen molar-refractivity contribution in [1.82, 2.24) is 15.6 Å². The number of ether oxygens (including phenoxy) is 1. The summed E-state index contributed by atoms with van der Waals surface area (Å²) in [4.78, 5) is 30.2. The highest BCUT2D eigenvalue weighted by molar-refractivity contribution is 6.30. The standard InChI is InChI=1S/C30H26ClF4N3O4/c31-21-11-12-23(36-16-21)29(15-17-5-2-1-3-6-17,20-7-4-8-22(14-20)42-30(34,35)27(32)33)38-28(41)37-25-19-10-9-18(13-19)24(25)26(39)40/h1-12,14,16,18-19,24-25,27H,13,15H2,(H,39,40)(H2,37,38,41)/t18-,19+,24-,25+,29+/m1/s1. The summed E-state index contributed by atoms with van der Waals surface area (Å²) >= 11 is 6.10. The van der Waals surface area contributed by atoms with Gasteiger partial charge in [-0.3, -0.25) is 9.78 Å². The van der Waals surface area contributed by atoms with Gasteiger partial charge in [-0.25, -0.2) is 4.79 Å². The topological polar surface area (TPSA) is 101 Å². The predicted molar refractivity (Wildman–Crippen MR) is 146 cm³/mol. The minimum atomic E-state index is -4.76. The van der Waals surface area contributed by atoms with E-state index >= 15 is 0 Å². The van der Waals surface area contributed by atoms with Crippen LogP contribution >= 0.6 is 11.6 Å². The Labute approximate surface area is 243 Å². The highest BCUT2D eigenvalue weighted by Crippen LogP contribution is 2.44. The van der Waals surface area contributed by atoms with Crippen molar-refractivity contribution < 1.29 is 37.0 Å². The number of carboxylic acids is 1. The molecule has 1 saturated carbocycles. The van der Waals surface area contributed by atoms with E-state index in [9.17, 15) is 32.3 Å². The SMILES string of the molecule is O=C(N[C@@H]1[C@H](C(=O)O)[C@@H]2C=C[C@H]1C2)N[C@@](Cc1ccccc1)(c1cccc(OC(F)(F)C(F)F)c1)c1ccc(Cl)cn1. The van der Waals surface area contributed by atoms with Gasteiger partial charge in [0.15, 0.2) is 0 Å². The second-order valence-corrected chi connectivity index (χ2v) is 10.8. The number of benzene rings is 2. The molecule has 2 aliphatic rings. The zero-order valence-corrected chi connectivity index (χ0v) is 22.6. The molecule has 0 spiro atoms. The third kappa shape index (κ3) is 5.92. The number of hydrogen-bond donors (Lipinski definition) is 3. The highest BCUT2D eigenvalue weighted by atomic mass is 35.5. The molecule has 2 amide bonds. The van der Waals surface area contributed by atoms with Crippen LogP contribution in [-0.2, 0) is 16.8 Å². The van der Waals surface area contributed by atoms with Crippen LogP contribution in [0.1, 0.15) is 23.2 Å². The first-order valence-corrected chi connectivity index (χ1v) is 13.5. The minimum absolute atomic E-state index is 0.0452. The van der Waals surface area contributed by atoms with E-state index in [0.717, 1.165) is 12.1 Å². The molecule has 12 heteroatoms. The number of carbonyl (C=O) groups excluding carboxylic acids is 1. The Balaban J connectivity index is 1.58. The molecule has 0 unspecified atom stereocenters. The molecule has 220 valence electrons. The van der Waals surface area contributed by atoms with Crippen LogP contribution in [0.3, 0.4) is 0 Å². The number of carboxylic acid groups (broad SMARTS) is 1. The van der Waals surface area contributed by atoms with E-state index in [-0.39, 0.29) is 29.5 Å². The van der Waals surface area contributed by atoms with Crippen LogP contribution in [0.25, 0.3) is 0 Å². The third-order valence-electron chi connectivity index (χ3n) is 7.68. The number of pyridine rings is 1. The summed E-state index contributed by atoms with van der Waals surface area (Å²) in [6.07, 6.45) is -3.12. The van der Waals surface area contributed by atoms with E-state index in [1.165, 1.54) is 24.4 Å². The Kier molecular flexibility index (Phi) is 8.14. The Morgan fingerprint density at radius 2 is 1.79 bits per heavy atom. The number of nitrogens with zero attached hydrogens (tertiary/aromatic N) is 1. The average molecular weight is 604 g/mol. The second-order valence-electron chi connectivity index (χ2n) is 10.4. The summed E-state index contributed by atoms with van der Waals surface area (Å²) in [6.45, 7) is 0. The molecule has 1 aromatic heterocycles. The van der Waals surface area contributed by atoms with Gasteiger partial charge in [0.25, 0.3) is 0 Å². The molecule has 2 aromatic carbocycles.